The number of piperidine rings is 1. The molecule has 1 aromatic carbocycles. The van der Waals surface area contributed by atoms with Gasteiger partial charge in [0.1, 0.15) is 5.82 Å². The second-order valence-electron chi connectivity index (χ2n) is 9.75. The Balaban J connectivity index is 1.22. The number of halogens is 1. The van der Waals surface area contributed by atoms with Gasteiger partial charge in [-0.1, -0.05) is 23.7 Å². The van der Waals surface area contributed by atoms with E-state index in [0.29, 0.717) is 6.04 Å². The van der Waals surface area contributed by atoms with E-state index in [4.69, 9.17) is 21.6 Å². The van der Waals surface area contributed by atoms with Gasteiger partial charge in [0.15, 0.2) is 0 Å². The molecule has 7 heterocycles. The maximum absolute atomic E-state index is 6.30. The highest BCUT2D eigenvalue weighted by Crippen LogP contribution is 2.42. The van der Waals surface area contributed by atoms with Gasteiger partial charge in [0.25, 0.3) is 0 Å². The van der Waals surface area contributed by atoms with Crippen molar-refractivity contribution in [2.75, 3.05) is 18.0 Å². The number of nitrogens with zero attached hydrogens (tertiary/aromatic N) is 6. The average Bonchev–Trinajstić information content (AvgIpc) is 3.34. The number of benzene rings is 1. The first-order chi connectivity index (χ1) is 17.6. The minimum atomic E-state index is -0.0738. The highest BCUT2D eigenvalue weighted by molar-refractivity contribution is 6.30. The molecule has 3 aliphatic rings. The van der Waals surface area contributed by atoms with Gasteiger partial charge >= 0.3 is 0 Å². The fourth-order valence-corrected chi connectivity index (χ4v) is 5.82. The summed E-state index contributed by atoms with van der Waals surface area (Å²) >= 11 is 6.30. The number of fused-ring (bicyclic) bond motifs is 3. The fourth-order valence-electron chi connectivity index (χ4n) is 5.63. The Morgan fingerprint density at radius 2 is 1.94 bits per heavy atom. The first kappa shape index (κ1) is 21.5. The number of aryl methyl sites for hydroxylation is 1. The van der Waals surface area contributed by atoms with Crippen LogP contribution in [0.15, 0.2) is 79.4 Å². The van der Waals surface area contributed by atoms with Crippen molar-refractivity contribution in [2.45, 2.75) is 18.0 Å². The van der Waals surface area contributed by atoms with Crippen molar-refractivity contribution in [1.29, 1.82) is 0 Å². The summed E-state index contributed by atoms with van der Waals surface area (Å²) in [5.41, 5.74) is 5.71. The predicted octanol–water partition coefficient (Wildman–Crippen LogP) is 4.82. The molecule has 4 aromatic heterocycles. The lowest BCUT2D eigenvalue weighted by Gasteiger charge is -2.58. The predicted molar refractivity (Wildman–Crippen MR) is 142 cm³/mol. The molecule has 0 amide bonds. The quantitative estimate of drug-likeness (QED) is 0.387. The van der Waals surface area contributed by atoms with Crippen LogP contribution in [0.4, 0.5) is 5.82 Å². The third-order valence-corrected chi connectivity index (χ3v) is 7.53. The topological polar surface area (TPSA) is 71.8 Å². The molecule has 3 aliphatic heterocycles. The van der Waals surface area contributed by atoms with E-state index in [1.54, 1.807) is 4.68 Å². The Morgan fingerprint density at radius 1 is 1.03 bits per heavy atom. The van der Waals surface area contributed by atoms with Crippen LogP contribution >= 0.6 is 11.6 Å². The SMILES string of the molecule is Cn1cc(-c2cc3ncccc3c(-c3ccc(N4CC5CC(c6cccc(Cl)c6)(C4)N5)nc3)n2)cn1. The molecule has 7 nitrogen and oxygen atoms in total. The number of anilines is 1. The molecule has 3 fully saturated rings. The van der Waals surface area contributed by atoms with E-state index in [2.05, 4.69) is 50.6 Å². The summed E-state index contributed by atoms with van der Waals surface area (Å²) < 4.78 is 1.78. The van der Waals surface area contributed by atoms with Crippen LogP contribution in [-0.2, 0) is 12.6 Å². The minimum Gasteiger partial charge on any atom is -0.353 e. The van der Waals surface area contributed by atoms with Crippen LogP contribution in [0.25, 0.3) is 33.4 Å². The Morgan fingerprint density at radius 3 is 2.72 bits per heavy atom. The normalized spacial score (nSPS) is 20.9. The fraction of sp³-hybridized carbons (Fsp3) is 0.214. The van der Waals surface area contributed by atoms with Crippen LogP contribution in [0.5, 0.6) is 0 Å². The molecule has 0 saturated carbocycles. The van der Waals surface area contributed by atoms with Gasteiger partial charge < -0.3 is 10.2 Å². The van der Waals surface area contributed by atoms with Gasteiger partial charge in [-0.05, 0) is 54.4 Å². The van der Waals surface area contributed by atoms with Gasteiger partial charge in [0.05, 0.1) is 28.6 Å². The number of aromatic nitrogens is 5. The number of piperazine rings is 1. The largest absolute Gasteiger partial charge is 0.353 e. The molecule has 1 N–H and O–H groups in total. The molecule has 36 heavy (non-hydrogen) atoms. The van der Waals surface area contributed by atoms with Crippen LogP contribution in [0.3, 0.4) is 0 Å². The molecule has 0 spiro atoms. The zero-order valence-corrected chi connectivity index (χ0v) is 20.5. The van der Waals surface area contributed by atoms with Gasteiger partial charge in [-0.25, -0.2) is 9.97 Å². The van der Waals surface area contributed by atoms with Crippen molar-refractivity contribution in [2.24, 2.45) is 7.05 Å². The van der Waals surface area contributed by atoms with E-state index in [0.717, 1.165) is 63.8 Å². The van der Waals surface area contributed by atoms with Crippen molar-refractivity contribution >= 4 is 28.3 Å². The molecule has 178 valence electrons. The van der Waals surface area contributed by atoms with E-state index in [-0.39, 0.29) is 5.54 Å². The smallest absolute Gasteiger partial charge is 0.128 e. The summed E-state index contributed by atoms with van der Waals surface area (Å²) in [7, 11) is 1.91. The van der Waals surface area contributed by atoms with Gasteiger partial charge in [-0.3, -0.25) is 9.67 Å². The lowest BCUT2D eigenvalue weighted by molar-refractivity contribution is 0.106. The molecular weight excluding hydrogens is 470 g/mol. The summed E-state index contributed by atoms with van der Waals surface area (Å²) in [5, 5.41) is 9.85. The van der Waals surface area contributed by atoms with Crippen LogP contribution in [-0.4, -0.2) is 43.9 Å². The van der Waals surface area contributed by atoms with Crippen LogP contribution < -0.4 is 10.2 Å². The molecular formula is C28H24ClN7. The van der Waals surface area contributed by atoms with Crippen molar-refractivity contribution in [3.8, 4) is 22.5 Å². The summed E-state index contributed by atoms with van der Waals surface area (Å²) in [4.78, 5) is 16.9. The lowest BCUT2D eigenvalue weighted by Crippen LogP contribution is -2.73. The van der Waals surface area contributed by atoms with E-state index >= 15 is 0 Å². The molecule has 5 aromatic rings. The first-order valence-corrected chi connectivity index (χ1v) is 12.4. The van der Waals surface area contributed by atoms with Crippen LogP contribution in [0.2, 0.25) is 5.02 Å². The van der Waals surface area contributed by atoms with Crippen molar-refractivity contribution in [1.82, 2.24) is 30.0 Å². The van der Waals surface area contributed by atoms with Crippen LogP contribution in [0, 0.1) is 0 Å². The Hall–Kier alpha value is -3.81. The third kappa shape index (κ3) is 3.54. The van der Waals surface area contributed by atoms with E-state index in [1.165, 1.54) is 5.56 Å². The highest BCUT2D eigenvalue weighted by atomic mass is 35.5. The summed E-state index contributed by atoms with van der Waals surface area (Å²) in [6.07, 6.45) is 8.65. The van der Waals surface area contributed by atoms with Gasteiger partial charge in [0.2, 0.25) is 0 Å². The summed E-state index contributed by atoms with van der Waals surface area (Å²) in [6, 6.07) is 18.9. The van der Waals surface area contributed by atoms with Gasteiger partial charge in [0, 0.05) is 66.3 Å². The number of nitrogens with one attached hydrogen (secondary N) is 1. The van der Waals surface area contributed by atoms with Crippen molar-refractivity contribution in [3.63, 3.8) is 0 Å². The molecule has 8 heteroatoms. The van der Waals surface area contributed by atoms with Crippen molar-refractivity contribution in [3.05, 3.63) is 90.0 Å². The standard InChI is InChI=1S/C28H24ClN7/c1-35-15-19(14-32-35)24-11-25-23(6-3-9-30-25)27(33-24)18-7-8-26(31-13-18)36-16-22-12-28(17-36,34-22)20-4-2-5-21(29)10-20/h2-11,13-15,22,34H,12,16-17H2,1H3. The van der Waals surface area contributed by atoms with Crippen LogP contribution in [0.1, 0.15) is 12.0 Å². The average molecular weight is 494 g/mol. The summed E-state index contributed by atoms with van der Waals surface area (Å²) in [6.45, 7) is 1.80. The monoisotopic (exact) mass is 493 g/mol. The molecule has 8 rings (SSSR count). The number of hydrogen-bond donors (Lipinski definition) is 1. The first-order valence-electron chi connectivity index (χ1n) is 12.1. The maximum Gasteiger partial charge on any atom is 0.128 e. The molecule has 0 aliphatic carbocycles. The molecule has 2 bridgehead atoms. The zero-order valence-electron chi connectivity index (χ0n) is 19.8. The number of pyridine rings is 3. The zero-order chi connectivity index (χ0) is 24.3. The Labute approximate surface area is 213 Å². The second-order valence-corrected chi connectivity index (χ2v) is 10.2. The molecule has 0 radical (unpaired) electrons. The van der Waals surface area contributed by atoms with Crippen molar-refractivity contribution < 1.29 is 0 Å². The van der Waals surface area contributed by atoms with E-state index in [1.807, 2.05) is 56.1 Å². The molecule has 3 saturated heterocycles. The maximum atomic E-state index is 6.30. The molecule has 2 unspecified atom stereocenters. The Kier molecular flexibility index (Phi) is 4.84. The highest BCUT2D eigenvalue weighted by Gasteiger charge is 2.50. The second kappa shape index (κ2) is 8.11. The summed E-state index contributed by atoms with van der Waals surface area (Å²) in [5.74, 6) is 0.974. The minimum absolute atomic E-state index is 0.0738. The van der Waals surface area contributed by atoms with Gasteiger partial charge in [-0.2, -0.15) is 5.10 Å². The van der Waals surface area contributed by atoms with E-state index in [9.17, 15) is 0 Å². The van der Waals surface area contributed by atoms with E-state index < -0.39 is 0 Å². The third-order valence-electron chi connectivity index (χ3n) is 7.30. The number of hydrogen-bond acceptors (Lipinski definition) is 6. The van der Waals surface area contributed by atoms with Gasteiger partial charge in [-0.15, -0.1) is 0 Å². The lowest BCUT2D eigenvalue weighted by atomic mass is 9.72. The Bertz CT molecular complexity index is 1590. The molecule has 2 atom stereocenters. The number of rotatable bonds is 4.